The highest BCUT2D eigenvalue weighted by Crippen LogP contribution is 2.15. The maximum Gasteiger partial charge on any atom is 0.0762 e. The Balaban J connectivity index is 2.53. The molecule has 0 fully saturated rings. The van der Waals surface area contributed by atoms with E-state index in [1.807, 2.05) is 0 Å². The molecule has 0 radical (unpaired) electrons. The average molecular weight is 286 g/mol. The molecule has 1 N–H and O–H groups in total. The first kappa shape index (κ1) is 16.5. The third kappa shape index (κ3) is 5.15. The van der Waals surface area contributed by atoms with Gasteiger partial charge < -0.3 is 5.32 Å². The first-order chi connectivity index (χ1) is 9.12. The molecule has 0 saturated heterocycles. The summed E-state index contributed by atoms with van der Waals surface area (Å²) in [5.41, 5.74) is 1.12. The van der Waals surface area contributed by atoms with Gasteiger partial charge in [-0.15, -0.1) is 11.6 Å². The summed E-state index contributed by atoms with van der Waals surface area (Å²) in [5.74, 6) is 1.30. The molecule has 0 aromatic carbocycles. The minimum absolute atomic E-state index is 0.468. The zero-order valence-electron chi connectivity index (χ0n) is 12.7. The fourth-order valence-corrected chi connectivity index (χ4v) is 2.60. The number of nitrogens with zero attached hydrogens (tertiary/aromatic N) is 2. The number of hydrogen-bond acceptors (Lipinski definition) is 2. The molecule has 0 aliphatic rings. The van der Waals surface area contributed by atoms with Crippen molar-refractivity contribution in [3.05, 3.63) is 18.0 Å². The van der Waals surface area contributed by atoms with E-state index in [2.05, 4.69) is 55.1 Å². The van der Waals surface area contributed by atoms with Crippen molar-refractivity contribution < 1.29 is 0 Å². The van der Waals surface area contributed by atoms with Gasteiger partial charge in [-0.2, -0.15) is 5.10 Å². The van der Waals surface area contributed by atoms with Crippen LogP contribution in [0.3, 0.4) is 0 Å². The molecule has 1 aromatic rings. The minimum atomic E-state index is 0.468. The summed E-state index contributed by atoms with van der Waals surface area (Å²) in [4.78, 5) is 0. The average Bonchev–Trinajstić information content (AvgIpc) is 2.84. The number of nitrogens with one attached hydrogen (secondary N) is 1. The highest BCUT2D eigenvalue weighted by atomic mass is 35.5. The first-order valence-electron chi connectivity index (χ1n) is 7.45. The van der Waals surface area contributed by atoms with Crippen LogP contribution in [0.15, 0.2) is 12.3 Å². The fraction of sp³-hybridized carbons (Fsp3) is 0.800. The van der Waals surface area contributed by atoms with Crippen LogP contribution >= 0.6 is 11.6 Å². The molecule has 0 aliphatic carbocycles. The molecule has 1 atom stereocenters. The first-order valence-corrected chi connectivity index (χ1v) is 7.99. The number of halogens is 1. The smallest absolute Gasteiger partial charge is 0.0762 e. The molecule has 19 heavy (non-hydrogen) atoms. The van der Waals surface area contributed by atoms with Crippen molar-refractivity contribution in [2.75, 3.05) is 5.88 Å². The Morgan fingerprint density at radius 1 is 1.32 bits per heavy atom. The van der Waals surface area contributed by atoms with Gasteiger partial charge in [0.15, 0.2) is 0 Å². The van der Waals surface area contributed by atoms with Gasteiger partial charge >= 0.3 is 0 Å². The van der Waals surface area contributed by atoms with Crippen molar-refractivity contribution in [3.63, 3.8) is 0 Å². The van der Waals surface area contributed by atoms with Crippen LogP contribution in [-0.2, 0) is 6.54 Å². The Morgan fingerprint density at radius 3 is 2.53 bits per heavy atom. The van der Waals surface area contributed by atoms with Gasteiger partial charge in [0.05, 0.1) is 11.7 Å². The van der Waals surface area contributed by atoms with Gasteiger partial charge in [-0.3, -0.25) is 4.68 Å². The monoisotopic (exact) mass is 285 g/mol. The van der Waals surface area contributed by atoms with Crippen molar-refractivity contribution in [1.82, 2.24) is 15.1 Å². The van der Waals surface area contributed by atoms with Crippen LogP contribution in [-0.4, -0.2) is 21.7 Å². The Labute approximate surface area is 122 Å². The van der Waals surface area contributed by atoms with Crippen molar-refractivity contribution in [2.24, 2.45) is 5.92 Å². The van der Waals surface area contributed by atoms with Gasteiger partial charge in [0.2, 0.25) is 0 Å². The summed E-state index contributed by atoms with van der Waals surface area (Å²) in [6.07, 6.45) is 5.37. The van der Waals surface area contributed by atoms with Gasteiger partial charge in [0, 0.05) is 24.7 Å². The minimum Gasteiger partial charge on any atom is -0.308 e. The zero-order chi connectivity index (χ0) is 14.3. The van der Waals surface area contributed by atoms with E-state index in [9.17, 15) is 0 Å². The molecule has 1 unspecified atom stereocenters. The fourth-order valence-electron chi connectivity index (χ4n) is 2.36. The maximum absolute atomic E-state index is 5.85. The van der Waals surface area contributed by atoms with E-state index >= 15 is 0 Å². The van der Waals surface area contributed by atoms with Gasteiger partial charge in [0.25, 0.3) is 0 Å². The van der Waals surface area contributed by atoms with E-state index < -0.39 is 0 Å². The van der Waals surface area contributed by atoms with Gasteiger partial charge in [-0.25, -0.2) is 0 Å². The Morgan fingerprint density at radius 2 is 2.00 bits per heavy atom. The standard InChI is InChI=1S/C15H28ClN3/c1-5-14(6-2)19-10-8-13(18-19)11-17-15(7-9-16)12(3)4/h8,10,12,14-15,17H,5-7,9,11H2,1-4H3. The summed E-state index contributed by atoms with van der Waals surface area (Å²) in [7, 11) is 0. The Kier molecular flexibility index (Phi) is 7.47. The third-order valence-electron chi connectivity index (χ3n) is 3.75. The number of rotatable bonds is 9. The van der Waals surface area contributed by atoms with E-state index in [1.165, 1.54) is 0 Å². The summed E-state index contributed by atoms with van der Waals surface area (Å²) in [6.45, 7) is 9.71. The van der Waals surface area contributed by atoms with Crippen LogP contribution in [0, 0.1) is 5.92 Å². The normalized spacial score (nSPS) is 13.4. The molecule has 1 aromatic heterocycles. The Bertz CT molecular complexity index is 345. The molecule has 1 rings (SSSR count). The van der Waals surface area contributed by atoms with Crippen LogP contribution in [0.5, 0.6) is 0 Å². The van der Waals surface area contributed by atoms with Crippen LogP contribution in [0.4, 0.5) is 0 Å². The van der Waals surface area contributed by atoms with Crippen LogP contribution in [0.1, 0.15) is 58.7 Å². The Hall–Kier alpha value is -0.540. The van der Waals surface area contributed by atoms with E-state index in [4.69, 9.17) is 11.6 Å². The van der Waals surface area contributed by atoms with Crippen molar-refractivity contribution in [3.8, 4) is 0 Å². The number of alkyl halides is 1. The summed E-state index contributed by atoms with van der Waals surface area (Å²) < 4.78 is 2.10. The second kappa shape index (κ2) is 8.60. The molecule has 0 amide bonds. The molecule has 110 valence electrons. The van der Waals surface area contributed by atoms with Crippen molar-refractivity contribution in [2.45, 2.75) is 65.6 Å². The van der Waals surface area contributed by atoms with E-state index in [0.717, 1.165) is 31.5 Å². The van der Waals surface area contributed by atoms with Crippen molar-refractivity contribution in [1.29, 1.82) is 0 Å². The molecule has 0 saturated carbocycles. The summed E-state index contributed by atoms with van der Waals surface area (Å²) in [5, 5.41) is 8.23. The van der Waals surface area contributed by atoms with Gasteiger partial charge in [0.1, 0.15) is 0 Å². The van der Waals surface area contributed by atoms with E-state index in [0.29, 0.717) is 23.9 Å². The molecule has 0 spiro atoms. The van der Waals surface area contributed by atoms with Crippen LogP contribution in [0.2, 0.25) is 0 Å². The molecular weight excluding hydrogens is 258 g/mol. The lowest BCUT2D eigenvalue weighted by atomic mass is 10.0. The molecule has 0 bridgehead atoms. The molecule has 3 nitrogen and oxygen atoms in total. The quantitative estimate of drug-likeness (QED) is 0.695. The van der Waals surface area contributed by atoms with Gasteiger partial charge in [-0.1, -0.05) is 27.7 Å². The lowest BCUT2D eigenvalue weighted by molar-refractivity contribution is 0.382. The molecule has 4 heteroatoms. The summed E-state index contributed by atoms with van der Waals surface area (Å²) in [6, 6.07) is 3.11. The predicted molar refractivity (Wildman–Crippen MR) is 82.6 cm³/mol. The van der Waals surface area contributed by atoms with Crippen LogP contribution < -0.4 is 5.32 Å². The third-order valence-corrected chi connectivity index (χ3v) is 3.97. The molecular formula is C15H28ClN3. The van der Waals surface area contributed by atoms with Crippen LogP contribution in [0.25, 0.3) is 0 Å². The lowest BCUT2D eigenvalue weighted by Crippen LogP contribution is -2.33. The predicted octanol–water partition coefficient (Wildman–Crippen LogP) is 3.99. The second-order valence-electron chi connectivity index (χ2n) is 5.47. The highest BCUT2D eigenvalue weighted by Gasteiger charge is 2.13. The highest BCUT2D eigenvalue weighted by molar-refractivity contribution is 6.17. The summed E-state index contributed by atoms with van der Waals surface area (Å²) >= 11 is 5.85. The number of hydrogen-bond donors (Lipinski definition) is 1. The molecule has 1 heterocycles. The maximum atomic E-state index is 5.85. The zero-order valence-corrected chi connectivity index (χ0v) is 13.5. The lowest BCUT2D eigenvalue weighted by Gasteiger charge is -2.21. The largest absolute Gasteiger partial charge is 0.308 e. The molecule has 0 aliphatic heterocycles. The second-order valence-corrected chi connectivity index (χ2v) is 5.84. The van der Waals surface area contributed by atoms with Crippen molar-refractivity contribution >= 4 is 11.6 Å². The number of aromatic nitrogens is 2. The SMILES string of the molecule is CCC(CC)n1ccc(CNC(CCCl)C(C)C)n1. The van der Waals surface area contributed by atoms with E-state index in [-0.39, 0.29) is 0 Å². The topological polar surface area (TPSA) is 29.9 Å². The van der Waals surface area contributed by atoms with E-state index in [1.54, 1.807) is 0 Å². The van der Waals surface area contributed by atoms with Gasteiger partial charge in [-0.05, 0) is 31.2 Å².